The average Bonchev–Trinajstić information content (AvgIpc) is 3.39. The van der Waals surface area contributed by atoms with Crippen LogP contribution in [0.1, 0.15) is 25.0 Å². The standard InChI is InChI=1S/C55H39NO/c1-55(2)50-19-11-10-17-46(50)47-31-30-43(35-51(47)55)56(41-26-20-37(21-27-41)36-12-4-3-5-13-36)42-28-22-38(23-29-42)40-25-32-52-49(34-40)45-16-8-9-18-48(45)54-44-15-7-6-14-39(44)24-33-53(54)57-52/h3-35H,1-2H3. The van der Waals surface area contributed by atoms with E-state index in [2.05, 4.69) is 219 Å². The normalized spacial score (nSPS) is 13.0. The zero-order chi connectivity index (χ0) is 38.1. The third-order valence-corrected chi connectivity index (χ3v) is 12.1. The Morgan fingerprint density at radius 2 is 0.930 bits per heavy atom. The number of fused-ring (bicyclic) bond motifs is 10. The first-order chi connectivity index (χ1) is 28.0. The van der Waals surface area contributed by atoms with Crippen molar-refractivity contribution in [2.45, 2.75) is 19.3 Å². The molecule has 0 radical (unpaired) electrons. The van der Waals surface area contributed by atoms with Crippen molar-refractivity contribution in [2.24, 2.45) is 0 Å². The van der Waals surface area contributed by atoms with Crippen LogP contribution in [0.3, 0.4) is 0 Å². The first-order valence-electron chi connectivity index (χ1n) is 19.8. The summed E-state index contributed by atoms with van der Waals surface area (Å²) in [4.78, 5) is 2.39. The summed E-state index contributed by atoms with van der Waals surface area (Å²) in [5, 5.41) is 2.40. The van der Waals surface area contributed by atoms with Crippen LogP contribution in [-0.2, 0) is 5.41 Å². The lowest BCUT2D eigenvalue weighted by atomic mass is 9.82. The van der Waals surface area contributed by atoms with E-state index >= 15 is 0 Å². The van der Waals surface area contributed by atoms with E-state index in [9.17, 15) is 0 Å². The minimum Gasteiger partial charge on any atom is -0.456 e. The predicted octanol–water partition coefficient (Wildman–Crippen LogP) is 15.4. The van der Waals surface area contributed by atoms with Crippen LogP contribution >= 0.6 is 0 Å². The molecule has 0 aromatic heterocycles. The second kappa shape index (κ2) is 13.0. The van der Waals surface area contributed by atoms with E-state index < -0.39 is 0 Å². The van der Waals surface area contributed by atoms with Crippen LogP contribution < -0.4 is 9.64 Å². The Morgan fingerprint density at radius 3 is 1.70 bits per heavy atom. The smallest absolute Gasteiger partial charge is 0.135 e. The van der Waals surface area contributed by atoms with Gasteiger partial charge in [0.1, 0.15) is 11.5 Å². The van der Waals surface area contributed by atoms with Crippen molar-refractivity contribution in [1.82, 2.24) is 0 Å². The molecular weight excluding hydrogens is 691 g/mol. The van der Waals surface area contributed by atoms with Gasteiger partial charge in [-0.2, -0.15) is 0 Å². The topological polar surface area (TPSA) is 12.5 Å². The number of benzene rings is 9. The highest BCUT2D eigenvalue weighted by atomic mass is 16.5. The molecule has 2 heteroatoms. The number of anilines is 3. The fourth-order valence-corrected chi connectivity index (χ4v) is 9.19. The van der Waals surface area contributed by atoms with E-state index in [1.165, 1.54) is 55.3 Å². The molecule has 2 aliphatic rings. The Labute approximate surface area is 333 Å². The Hall–Kier alpha value is -7.16. The van der Waals surface area contributed by atoms with Crippen molar-refractivity contribution in [2.75, 3.05) is 4.90 Å². The first-order valence-corrected chi connectivity index (χ1v) is 19.8. The molecule has 0 spiro atoms. The molecule has 0 atom stereocenters. The van der Waals surface area contributed by atoms with Crippen LogP contribution in [0, 0.1) is 0 Å². The number of rotatable bonds is 5. The van der Waals surface area contributed by atoms with E-state index in [4.69, 9.17) is 4.74 Å². The zero-order valence-corrected chi connectivity index (χ0v) is 31.9. The first kappa shape index (κ1) is 33.2. The Morgan fingerprint density at radius 1 is 0.368 bits per heavy atom. The highest BCUT2D eigenvalue weighted by Gasteiger charge is 2.35. The van der Waals surface area contributed by atoms with Gasteiger partial charge in [-0.05, 0) is 121 Å². The van der Waals surface area contributed by atoms with Gasteiger partial charge in [0.05, 0.1) is 0 Å². The van der Waals surface area contributed by atoms with Crippen LogP contribution in [0.4, 0.5) is 17.1 Å². The maximum absolute atomic E-state index is 6.73. The SMILES string of the molecule is CC1(C)c2ccccc2-c2ccc(N(c3ccc(-c4ccccc4)cc3)c3ccc(-c4ccc5c(c4)-c4ccccc4-c4c(ccc6ccccc46)O5)cc3)cc21. The molecule has 9 aromatic rings. The molecule has 0 N–H and O–H groups in total. The van der Waals surface area contributed by atoms with Crippen LogP contribution in [0.2, 0.25) is 0 Å². The Bertz CT molecular complexity index is 3000. The lowest BCUT2D eigenvalue weighted by Gasteiger charge is -2.28. The number of hydrogen-bond donors (Lipinski definition) is 0. The number of nitrogens with zero attached hydrogens (tertiary/aromatic N) is 1. The second-order valence-corrected chi connectivity index (χ2v) is 15.7. The van der Waals surface area contributed by atoms with Gasteiger partial charge in [0.15, 0.2) is 0 Å². The third-order valence-electron chi connectivity index (χ3n) is 12.1. The summed E-state index contributed by atoms with van der Waals surface area (Å²) in [5.74, 6) is 1.75. The van der Waals surface area contributed by atoms with E-state index in [1.54, 1.807) is 0 Å². The van der Waals surface area contributed by atoms with Gasteiger partial charge >= 0.3 is 0 Å². The molecule has 0 saturated heterocycles. The Kier molecular flexibility index (Phi) is 7.55. The molecule has 9 aromatic carbocycles. The molecule has 0 fully saturated rings. The van der Waals surface area contributed by atoms with Crippen LogP contribution in [-0.4, -0.2) is 0 Å². The molecule has 2 nitrogen and oxygen atoms in total. The molecular formula is C55H39NO. The van der Waals surface area contributed by atoms with Gasteiger partial charge in [-0.25, -0.2) is 0 Å². The summed E-state index contributed by atoms with van der Waals surface area (Å²) in [6.07, 6.45) is 0. The van der Waals surface area contributed by atoms with Gasteiger partial charge in [0.25, 0.3) is 0 Å². The molecule has 0 bridgehead atoms. The van der Waals surface area contributed by atoms with E-state index in [0.717, 1.165) is 50.8 Å². The summed E-state index contributed by atoms with van der Waals surface area (Å²) in [6.45, 7) is 4.69. The minimum absolute atomic E-state index is 0.100. The molecule has 0 unspecified atom stereocenters. The maximum Gasteiger partial charge on any atom is 0.135 e. The van der Waals surface area contributed by atoms with E-state index in [1.807, 2.05) is 0 Å². The summed E-state index contributed by atoms with van der Waals surface area (Å²) >= 11 is 0. The van der Waals surface area contributed by atoms with Crippen molar-refractivity contribution >= 4 is 27.8 Å². The summed E-state index contributed by atoms with van der Waals surface area (Å²) in [6, 6.07) is 72.5. The van der Waals surface area contributed by atoms with Crippen LogP contribution in [0.15, 0.2) is 200 Å². The van der Waals surface area contributed by atoms with Crippen LogP contribution in [0.25, 0.3) is 66.4 Å². The van der Waals surface area contributed by atoms with Gasteiger partial charge in [-0.3, -0.25) is 0 Å². The zero-order valence-electron chi connectivity index (χ0n) is 31.9. The lowest BCUT2D eigenvalue weighted by molar-refractivity contribution is 0.488. The molecule has 0 amide bonds. The van der Waals surface area contributed by atoms with Crippen molar-refractivity contribution in [3.63, 3.8) is 0 Å². The highest BCUT2D eigenvalue weighted by Crippen LogP contribution is 2.52. The van der Waals surface area contributed by atoms with Crippen molar-refractivity contribution in [3.05, 3.63) is 211 Å². The molecule has 1 aliphatic carbocycles. The number of hydrogen-bond acceptors (Lipinski definition) is 2. The average molecular weight is 730 g/mol. The second-order valence-electron chi connectivity index (χ2n) is 15.7. The van der Waals surface area contributed by atoms with Gasteiger partial charge in [0, 0.05) is 33.6 Å². The van der Waals surface area contributed by atoms with Crippen LogP contribution in [0.5, 0.6) is 11.5 Å². The van der Waals surface area contributed by atoms with Crippen molar-refractivity contribution < 1.29 is 4.74 Å². The van der Waals surface area contributed by atoms with Gasteiger partial charge in [0.2, 0.25) is 0 Å². The molecule has 1 aliphatic heterocycles. The fraction of sp³-hybridized carbons (Fsp3) is 0.0545. The molecule has 57 heavy (non-hydrogen) atoms. The van der Waals surface area contributed by atoms with Gasteiger partial charge < -0.3 is 9.64 Å². The summed E-state index contributed by atoms with van der Waals surface area (Å²) < 4.78 is 6.73. The van der Waals surface area contributed by atoms with E-state index in [-0.39, 0.29) is 5.41 Å². The van der Waals surface area contributed by atoms with E-state index in [0.29, 0.717) is 0 Å². The molecule has 11 rings (SSSR count). The lowest BCUT2D eigenvalue weighted by Crippen LogP contribution is -2.16. The highest BCUT2D eigenvalue weighted by molar-refractivity contribution is 6.05. The Balaban J connectivity index is 0.998. The minimum atomic E-state index is -0.100. The van der Waals surface area contributed by atoms with Crippen molar-refractivity contribution in [3.8, 4) is 67.1 Å². The van der Waals surface area contributed by atoms with Crippen molar-refractivity contribution in [1.29, 1.82) is 0 Å². The quantitative estimate of drug-likeness (QED) is 0.175. The van der Waals surface area contributed by atoms with Gasteiger partial charge in [-0.15, -0.1) is 0 Å². The predicted molar refractivity (Wildman–Crippen MR) is 238 cm³/mol. The third kappa shape index (κ3) is 5.40. The maximum atomic E-state index is 6.73. The summed E-state index contributed by atoms with van der Waals surface area (Å²) in [5.41, 5.74) is 17.9. The fourth-order valence-electron chi connectivity index (χ4n) is 9.19. The number of ether oxygens (including phenoxy) is 1. The van der Waals surface area contributed by atoms with Gasteiger partial charge in [-0.1, -0.05) is 159 Å². The summed E-state index contributed by atoms with van der Waals surface area (Å²) in [7, 11) is 0. The molecule has 270 valence electrons. The molecule has 0 saturated carbocycles. The monoisotopic (exact) mass is 729 g/mol. The largest absolute Gasteiger partial charge is 0.456 e. The molecule has 1 heterocycles.